The molecule has 116 valence electrons. The Morgan fingerprint density at radius 2 is 2.09 bits per heavy atom. The van der Waals surface area contributed by atoms with Gasteiger partial charge in [0, 0.05) is 24.3 Å². The fraction of sp³-hybridized carbons (Fsp3) is 0.125. The maximum absolute atomic E-state index is 12.6. The van der Waals surface area contributed by atoms with Crippen LogP contribution in [0.15, 0.2) is 47.7 Å². The van der Waals surface area contributed by atoms with Crippen molar-refractivity contribution in [2.45, 2.75) is 13.5 Å². The minimum absolute atomic E-state index is 0.201. The molecule has 0 atom stereocenters. The lowest BCUT2D eigenvalue weighted by atomic mass is 10.1. The van der Waals surface area contributed by atoms with Gasteiger partial charge in [-0.2, -0.15) is 0 Å². The van der Waals surface area contributed by atoms with Gasteiger partial charge in [-0.1, -0.05) is 12.1 Å². The number of hydrogen-bond acceptors (Lipinski definition) is 5. The molecular formula is C16H14N4O3. The van der Waals surface area contributed by atoms with Crippen molar-refractivity contribution in [3.63, 3.8) is 0 Å². The molecule has 0 saturated carbocycles. The average Bonchev–Trinajstić information content (AvgIpc) is 2.56. The van der Waals surface area contributed by atoms with Crippen LogP contribution < -0.4 is 10.9 Å². The Bertz CT molecular complexity index is 935. The molecule has 1 aromatic carbocycles. The minimum atomic E-state index is -0.721. The van der Waals surface area contributed by atoms with Crippen LogP contribution in [0.3, 0.4) is 0 Å². The summed E-state index contributed by atoms with van der Waals surface area (Å²) in [7, 11) is 0. The van der Waals surface area contributed by atoms with Gasteiger partial charge in [0.15, 0.2) is 5.82 Å². The lowest BCUT2D eigenvalue weighted by Gasteiger charge is -2.13. The van der Waals surface area contributed by atoms with Gasteiger partial charge in [-0.3, -0.25) is 14.6 Å². The minimum Gasteiger partial charge on any atom is -0.506 e. The molecule has 23 heavy (non-hydrogen) atoms. The number of para-hydroxylation sites is 1. The van der Waals surface area contributed by atoms with E-state index < -0.39 is 11.5 Å². The highest BCUT2D eigenvalue weighted by molar-refractivity contribution is 6.08. The zero-order valence-electron chi connectivity index (χ0n) is 12.4. The van der Waals surface area contributed by atoms with Gasteiger partial charge in [-0.15, -0.1) is 0 Å². The summed E-state index contributed by atoms with van der Waals surface area (Å²) in [6.07, 6.45) is 4.24. The molecular weight excluding hydrogens is 296 g/mol. The zero-order valence-corrected chi connectivity index (χ0v) is 12.4. The van der Waals surface area contributed by atoms with Gasteiger partial charge in [-0.25, -0.2) is 4.98 Å². The average molecular weight is 310 g/mol. The summed E-state index contributed by atoms with van der Waals surface area (Å²) in [6.45, 7) is 2.18. The second-order valence-corrected chi connectivity index (χ2v) is 4.83. The molecule has 3 rings (SSSR count). The maximum atomic E-state index is 12.6. The summed E-state index contributed by atoms with van der Waals surface area (Å²) in [5, 5.41) is 13.3. The first-order valence-corrected chi connectivity index (χ1v) is 7.05. The molecule has 2 heterocycles. The van der Waals surface area contributed by atoms with Gasteiger partial charge in [0.25, 0.3) is 11.5 Å². The van der Waals surface area contributed by atoms with Gasteiger partial charge in [0.05, 0.1) is 11.7 Å². The third-order valence-electron chi connectivity index (χ3n) is 3.49. The molecule has 0 fully saturated rings. The van der Waals surface area contributed by atoms with Crippen molar-refractivity contribution in [3.8, 4) is 5.75 Å². The van der Waals surface area contributed by atoms with Crippen LogP contribution in [0.1, 0.15) is 17.3 Å². The van der Waals surface area contributed by atoms with E-state index in [9.17, 15) is 14.7 Å². The second-order valence-electron chi connectivity index (χ2n) is 4.83. The molecule has 1 amide bonds. The first-order valence-electron chi connectivity index (χ1n) is 7.05. The molecule has 0 aliphatic rings. The van der Waals surface area contributed by atoms with E-state index in [1.165, 1.54) is 23.2 Å². The molecule has 0 spiro atoms. The Labute approximate surface area is 131 Å². The fourth-order valence-electron chi connectivity index (χ4n) is 2.45. The van der Waals surface area contributed by atoms with Crippen LogP contribution in [0.2, 0.25) is 0 Å². The number of aromatic nitrogens is 3. The number of aromatic hydroxyl groups is 1. The number of amides is 1. The summed E-state index contributed by atoms with van der Waals surface area (Å²) in [5.74, 6) is -0.856. The van der Waals surface area contributed by atoms with Crippen LogP contribution in [0, 0.1) is 0 Å². The second kappa shape index (κ2) is 5.88. The van der Waals surface area contributed by atoms with Crippen molar-refractivity contribution in [2.24, 2.45) is 0 Å². The zero-order chi connectivity index (χ0) is 16.4. The Morgan fingerprint density at radius 3 is 2.78 bits per heavy atom. The number of nitrogens with one attached hydrogen (secondary N) is 1. The predicted molar refractivity (Wildman–Crippen MR) is 85.5 cm³/mol. The van der Waals surface area contributed by atoms with Crippen LogP contribution in [0.5, 0.6) is 5.75 Å². The standard InChI is InChI=1S/C16H14N4O3/c1-2-20-11-6-4-3-5-10(11)14(21)13(16(20)23)15(22)19-12-9-17-7-8-18-12/h3-9,21H,2H2,1H3,(H,18,19,22). The van der Waals surface area contributed by atoms with Crippen LogP contribution >= 0.6 is 0 Å². The van der Waals surface area contributed by atoms with Gasteiger partial charge in [0.2, 0.25) is 0 Å². The Kier molecular flexibility index (Phi) is 3.76. The lowest BCUT2D eigenvalue weighted by molar-refractivity contribution is 0.102. The Hall–Kier alpha value is -3.22. The summed E-state index contributed by atoms with van der Waals surface area (Å²) in [6, 6.07) is 6.89. The monoisotopic (exact) mass is 310 g/mol. The summed E-state index contributed by atoms with van der Waals surface area (Å²) in [4.78, 5) is 32.7. The normalized spacial score (nSPS) is 10.7. The molecule has 0 aliphatic carbocycles. The number of carbonyl (C=O) groups excluding carboxylic acids is 1. The summed E-state index contributed by atoms with van der Waals surface area (Å²) < 4.78 is 1.45. The number of pyridine rings is 1. The van der Waals surface area contributed by atoms with Crippen molar-refractivity contribution in [2.75, 3.05) is 5.32 Å². The number of benzene rings is 1. The Balaban J connectivity index is 2.17. The smallest absolute Gasteiger partial charge is 0.267 e. The van der Waals surface area contributed by atoms with Crippen molar-refractivity contribution in [3.05, 3.63) is 58.8 Å². The number of hydrogen-bond donors (Lipinski definition) is 2. The van der Waals surface area contributed by atoms with E-state index in [4.69, 9.17) is 0 Å². The van der Waals surface area contributed by atoms with Gasteiger partial charge >= 0.3 is 0 Å². The maximum Gasteiger partial charge on any atom is 0.267 e. The number of fused-ring (bicyclic) bond motifs is 1. The number of anilines is 1. The number of aryl methyl sites for hydroxylation is 1. The molecule has 0 unspecified atom stereocenters. The first kappa shape index (κ1) is 14.7. The summed E-state index contributed by atoms with van der Waals surface area (Å²) in [5.41, 5.74) is -0.283. The fourth-order valence-corrected chi connectivity index (χ4v) is 2.45. The number of nitrogens with zero attached hydrogens (tertiary/aromatic N) is 3. The van der Waals surface area contributed by atoms with Crippen LogP contribution in [-0.4, -0.2) is 25.5 Å². The largest absolute Gasteiger partial charge is 0.506 e. The highest BCUT2D eigenvalue weighted by Crippen LogP contribution is 2.26. The molecule has 2 N–H and O–H groups in total. The topological polar surface area (TPSA) is 97.1 Å². The van der Waals surface area contributed by atoms with E-state index >= 15 is 0 Å². The molecule has 7 nitrogen and oxygen atoms in total. The molecule has 0 aliphatic heterocycles. The SMILES string of the molecule is CCn1c(=O)c(C(=O)Nc2cnccn2)c(O)c2ccccc21. The number of rotatable bonds is 3. The van der Waals surface area contributed by atoms with E-state index in [2.05, 4.69) is 15.3 Å². The van der Waals surface area contributed by atoms with Crippen molar-refractivity contribution in [1.82, 2.24) is 14.5 Å². The van der Waals surface area contributed by atoms with Gasteiger partial charge in [0.1, 0.15) is 11.3 Å². The van der Waals surface area contributed by atoms with Crippen LogP contribution in [-0.2, 0) is 6.54 Å². The van der Waals surface area contributed by atoms with Crippen molar-refractivity contribution >= 4 is 22.6 Å². The van der Waals surface area contributed by atoms with E-state index in [-0.39, 0.29) is 17.1 Å². The van der Waals surface area contributed by atoms with Gasteiger partial charge in [-0.05, 0) is 19.1 Å². The molecule has 2 aromatic heterocycles. The summed E-state index contributed by atoms with van der Waals surface area (Å²) >= 11 is 0. The molecule has 3 aromatic rings. The quantitative estimate of drug-likeness (QED) is 0.768. The third-order valence-corrected chi connectivity index (χ3v) is 3.49. The highest BCUT2D eigenvalue weighted by atomic mass is 16.3. The molecule has 0 radical (unpaired) electrons. The predicted octanol–water partition coefficient (Wildman–Crippen LogP) is 1.77. The molecule has 0 bridgehead atoms. The lowest BCUT2D eigenvalue weighted by Crippen LogP contribution is -2.29. The van der Waals surface area contributed by atoms with E-state index in [1.54, 1.807) is 31.2 Å². The van der Waals surface area contributed by atoms with Crippen molar-refractivity contribution < 1.29 is 9.90 Å². The first-order chi connectivity index (χ1) is 11.1. The third kappa shape index (κ3) is 2.52. The Morgan fingerprint density at radius 1 is 1.30 bits per heavy atom. The van der Waals surface area contributed by atoms with Gasteiger partial charge < -0.3 is 15.0 Å². The molecule has 0 saturated heterocycles. The van der Waals surface area contributed by atoms with Crippen LogP contribution in [0.25, 0.3) is 10.9 Å². The van der Waals surface area contributed by atoms with Crippen molar-refractivity contribution in [1.29, 1.82) is 0 Å². The van der Waals surface area contributed by atoms with E-state index in [0.29, 0.717) is 17.4 Å². The number of carbonyl (C=O) groups is 1. The van der Waals surface area contributed by atoms with E-state index in [0.717, 1.165) is 0 Å². The molecule has 7 heteroatoms. The van der Waals surface area contributed by atoms with E-state index in [1.807, 2.05) is 0 Å². The highest BCUT2D eigenvalue weighted by Gasteiger charge is 2.22. The van der Waals surface area contributed by atoms with Crippen LogP contribution in [0.4, 0.5) is 5.82 Å².